The molecule has 0 bridgehead atoms. The van der Waals surface area contributed by atoms with Gasteiger partial charge in [0.1, 0.15) is 11.6 Å². The molecular formula is C16H10F2. The molecule has 4 rings (SSSR count). The van der Waals surface area contributed by atoms with Gasteiger partial charge in [-0.2, -0.15) is 0 Å². The van der Waals surface area contributed by atoms with Crippen molar-refractivity contribution in [1.29, 1.82) is 0 Å². The molecule has 0 N–H and O–H groups in total. The summed E-state index contributed by atoms with van der Waals surface area (Å²) in [6.45, 7) is 0. The van der Waals surface area contributed by atoms with E-state index in [4.69, 9.17) is 0 Å². The second kappa shape index (κ2) is 3.29. The molecule has 0 heterocycles. The first-order valence-corrected chi connectivity index (χ1v) is 6.08. The summed E-state index contributed by atoms with van der Waals surface area (Å²) in [7, 11) is 0. The van der Waals surface area contributed by atoms with Crippen molar-refractivity contribution in [2.45, 2.75) is 12.8 Å². The van der Waals surface area contributed by atoms with Crippen molar-refractivity contribution in [3.05, 3.63) is 69.8 Å². The van der Waals surface area contributed by atoms with Crippen molar-refractivity contribution in [3.63, 3.8) is 0 Å². The minimum atomic E-state index is -0.274. The lowest BCUT2D eigenvalue weighted by molar-refractivity contribution is 0.627. The van der Waals surface area contributed by atoms with E-state index in [0.29, 0.717) is 5.57 Å². The fourth-order valence-electron chi connectivity index (χ4n) is 3.03. The Kier molecular flexibility index (Phi) is 1.83. The number of halogens is 2. The number of hydrogen-bond acceptors (Lipinski definition) is 0. The van der Waals surface area contributed by atoms with Crippen molar-refractivity contribution >= 4 is 11.6 Å². The standard InChI is InChI=1S/C16H10F2/c17-10-5-6-11-9(7-10)8-14-15(11)12-3-1-2-4-13(12)16(14)18/h2,4-8H,1,3H2. The highest BCUT2D eigenvalue weighted by Gasteiger charge is 2.34. The number of rotatable bonds is 0. The van der Waals surface area contributed by atoms with Gasteiger partial charge in [-0.05, 0) is 53.3 Å². The van der Waals surface area contributed by atoms with Crippen molar-refractivity contribution in [1.82, 2.24) is 0 Å². The van der Waals surface area contributed by atoms with E-state index in [1.807, 2.05) is 12.2 Å². The van der Waals surface area contributed by atoms with Gasteiger partial charge in [0, 0.05) is 11.1 Å². The lowest BCUT2D eigenvalue weighted by atomic mass is 9.92. The van der Waals surface area contributed by atoms with E-state index in [0.717, 1.165) is 40.7 Å². The molecule has 3 aliphatic rings. The second-order valence-corrected chi connectivity index (χ2v) is 4.81. The molecule has 2 heteroatoms. The number of hydrogen-bond donors (Lipinski definition) is 0. The van der Waals surface area contributed by atoms with Gasteiger partial charge < -0.3 is 0 Å². The van der Waals surface area contributed by atoms with Crippen LogP contribution in [0.5, 0.6) is 0 Å². The van der Waals surface area contributed by atoms with Crippen LogP contribution in [-0.4, -0.2) is 0 Å². The van der Waals surface area contributed by atoms with Gasteiger partial charge in [-0.1, -0.05) is 18.2 Å². The van der Waals surface area contributed by atoms with Crippen molar-refractivity contribution in [3.8, 4) is 0 Å². The molecule has 0 aromatic heterocycles. The molecule has 0 saturated heterocycles. The van der Waals surface area contributed by atoms with Crippen LogP contribution in [0.2, 0.25) is 0 Å². The Labute approximate surface area is 104 Å². The van der Waals surface area contributed by atoms with Gasteiger partial charge in [-0.15, -0.1) is 0 Å². The van der Waals surface area contributed by atoms with Crippen LogP contribution in [0, 0.1) is 5.82 Å². The third kappa shape index (κ3) is 1.13. The van der Waals surface area contributed by atoms with Crippen LogP contribution in [-0.2, 0) is 0 Å². The van der Waals surface area contributed by atoms with Crippen LogP contribution >= 0.6 is 0 Å². The summed E-state index contributed by atoms with van der Waals surface area (Å²) < 4.78 is 27.5. The highest BCUT2D eigenvalue weighted by molar-refractivity contribution is 6.04. The maximum absolute atomic E-state index is 14.3. The van der Waals surface area contributed by atoms with Crippen molar-refractivity contribution in [2.75, 3.05) is 0 Å². The van der Waals surface area contributed by atoms with Gasteiger partial charge >= 0.3 is 0 Å². The molecule has 0 unspecified atom stereocenters. The number of allylic oxidation sites excluding steroid dienone is 7. The van der Waals surface area contributed by atoms with Gasteiger partial charge in [0.05, 0.1) is 0 Å². The lowest BCUT2D eigenvalue weighted by Gasteiger charge is -2.11. The Balaban J connectivity index is 2.02. The van der Waals surface area contributed by atoms with E-state index in [-0.39, 0.29) is 11.6 Å². The Morgan fingerprint density at radius 3 is 2.89 bits per heavy atom. The quantitative estimate of drug-likeness (QED) is 0.623. The zero-order valence-electron chi connectivity index (χ0n) is 9.63. The van der Waals surface area contributed by atoms with Crippen LogP contribution < -0.4 is 0 Å². The maximum Gasteiger partial charge on any atom is 0.138 e. The Morgan fingerprint density at radius 1 is 1.11 bits per heavy atom. The molecule has 0 spiro atoms. The number of fused-ring (bicyclic) bond motifs is 4. The molecule has 0 aliphatic heterocycles. The first-order chi connectivity index (χ1) is 8.75. The zero-order valence-corrected chi connectivity index (χ0v) is 9.63. The highest BCUT2D eigenvalue weighted by Crippen LogP contribution is 2.51. The van der Waals surface area contributed by atoms with E-state index >= 15 is 0 Å². The summed E-state index contributed by atoms with van der Waals surface area (Å²) in [6, 6.07) is 4.67. The Bertz CT molecular complexity index is 700. The van der Waals surface area contributed by atoms with Gasteiger partial charge in [-0.3, -0.25) is 0 Å². The van der Waals surface area contributed by atoms with Gasteiger partial charge in [-0.25, -0.2) is 8.78 Å². The molecule has 0 atom stereocenters. The minimum absolute atomic E-state index is 0.160. The average molecular weight is 240 g/mol. The van der Waals surface area contributed by atoms with E-state index in [1.54, 1.807) is 12.1 Å². The number of benzene rings is 1. The largest absolute Gasteiger partial charge is 0.207 e. The van der Waals surface area contributed by atoms with Crippen molar-refractivity contribution in [2.24, 2.45) is 0 Å². The van der Waals surface area contributed by atoms with E-state index in [2.05, 4.69) is 0 Å². The summed E-state index contributed by atoms with van der Waals surface area (Å²) in [5.41, 5.74) is 5.15. The topological polar surface area (TPSA) is 0 Å². The minimum Gasteiger partial charge on any atom is -0.207 e. The second-order valence-electron chi connectivity index (χ2n) is 4.81. The van der Waals surface area contributed by atoms with Crippen LogP contribution in [0.25, 0.3) is 11.6 Å². The lowest BCUT2D eigenvalue weighted by Crippen LogP contribution is -1.93. The third-order valence-corrected chi connectivity index (χ3v) is 3.80. The van der Waals surface area contributed by atoms with Gasteiger partial charge in [0.2, 0.25) is 0 Å². The third-order valence-electron chi connectivity index (χ3n) is 3.80. The maximum atomic E-state index is 14.3. The average Bonchev–Trinajstić information content (AvgIpc) is 2.87. The molecule has 1 aromatic carbocycles. The van der Waals surface area contributed by atoms with Crippen LogP contribution in [0.15, 0.2) is 52.9 Å². The molecule has 18 heavy (non-hydrogen) atoms. The summed E-state index contributed by atoms with van der Waals surface area (Å²) in [6.07, 6.45) is 7.44. The summed E-state index contributed by atoms with van der Waals surface area (Å²) in [4.78, 5) is 0. The van der Waals surface area contributed by atoms with Gasteiger partial charge in [0.15, 0.2) is 0 Å². The predicted molar refractivity (Wildman–Crippen MR) is 67.8 cm³/mol. The Morgan fingerprint density at radius 2 is 2.00 bits per heavy atom. The highest BCUT2D eigenvalue weighted by atomic mass is 19.1. The first-order valence-electron chi connectivity index (χ1n) is 6.08. The molecule has 0 radical (unpaired) electrons. The molecule has 0 nitrogen and oxygen atoms in total. The Hall–Kier alpha value is -1.96. The molecular weight excluding hydrogens is 230 g/mol. The smallest absolute Gasteiger partial charge is 0.138 e. The monoisotopic (exact) mass is 240 g/mol. The van der Waals surface area contributed by atoms with Crippen LogP contribution in [0.1, 0.15) is 24.0 Å². The predicted octanol–water partition coefficient (Wildman–Crippen LogP) is 4.56. The molecule has 3 aliphatic carbocycles. The SMILES string of the molecule is FC1=C2C=CCCC2=C2C1=Cc1cc(F)ccc12. The van der Waals surface area contributed by atoms with Gasteiger partial charge in [0.25, 0.3) is 0 Å². The fraction of sp³-hybridized carbons (Fsp3) is 0.125. The van der Waals surface area contributed by atoms with E-state index < -0.39 is 0 Å². The summed E-state index contributed by atoms with van der Waals surface area (Å²) in [5, 5.41) is 0. The van der Waals surface area contributed by atoms with E-state index in [9.17, 15) is 8.78 Å². The first kappa shape index (κ1) is 10.0. The molecule has 0 fully saturated rings. The molecule has 88 valence electrons. The van der Waals surface area contributed by atoms with Crippen LogP contribution in [0.3, 0.4) is 0 Å². The summed E-state index contributed by atoms with van der Waals surface area (Å²) in [5.74, 6) is -0.433. The molecule has 0 saturated carbocycles. The normalized spacial score (nSPS) is 20.0. The summed E-state index contributed by atoms with van der Waals surface area (Å²) >= 11 is 0. The fourth-order valence-corrected chi connectivity index (χ4v) is 3.03. The van der Waals surface area contributed by atoms with Crippen LogP contribution in [0.4, 0.5) is 8.78 Å². The van der Waals surface area contributed by atoms with E-state index in [1.165, 1.54) is 12.1 Å². The van der Waals surface area contributed by atoms with Crippen molar-refractivity contribution < 1.29 is 8.78 Å². The molecule has 0 amide bonds. The molecule has 1 aromatic rings. The zero-order chi connectivity index (χ0) is 12.3.